The Morgan fingerprint density at radius 2 is 1.62 bits per heavy atom. The number of amides is 1. The second-order valence-electron chi connectivity index (χ2n) is 5.82. The van der Waals surface area contributed by atoms with Crippen molar-refractivity contribution in [2.45, 2.75) is 39.5 Å². The van der Waals surface area contributed by atoms with Crippen LogP contribution in [0.3, 0.4) is 0 Å². The number of aryl methyl sites for hydroxylation is 1. The molecular weight excluding hydrogens is 258 g/mol. The minimum atomic E-state index is -0.161. The van der Waals surface area contributed by atoms with Gasteiger partial charge in [-0.1, -0.05) is 62.4 Å². The Morgan fingerprint density at radius 3 is 2.24 bits per heavy atom. The Balaban J connectivity index is 2.24. The van der Waals surface area contributed by atoms with Crippen molar-refractivity contribution in [3.05, 3.63) is 65.2 Å². The van der Waals surface area contributed by atoms with Crippen molar-refractivity contribution >= 4 is 11.6 Å². The first-order chi connectivity index (χ1) is 10.0. The van der Waals surface area contributed by atoms with Gasteiger partial charge >= 0.3 is 0 Å². The van der Waals surface area contributed by atoms with Crippen molar-refractivity contribution in [3.8, 4) is 0 Å². The van der Waals surface area contributed by atoms with Gasteiger partial charge in [-0.3, -0.25) is 4.79 Å². The molecule has 0 unspecified atom stereocenters. The van der Waals surface area contributed by atoms with Gasteiger partial charge in [-0.2, -0.15) is 0 Å². The topological polar surface area (TPSA) is 29.1 Å². The summed E-state index contributed by atoms with van der Waals surface area (Å²) in [5.74, 6) is 0.260. The molecule has 2 aromatic carbocycles. The van der Waals surface area contributed by atoms with Crippen molar-refractivity contribution in [1.29, 1.82) is 0 Å². The molecule has 110 valence electrons. The SMILES string of the molecule is Cc1cccc(C(C)C)c1NC(=O)[C@H](C)c1ccccc1. The standard InChI is InChI=1S/C19H23NO/c1-13(2)17-12-8-9-14(3)18(17)20-19(21)15(4)16-10-6-5-7-11-16/h5-13,15H,1-4H3,(H,20,21)/t15-/m1/s1. The second kappa shape index (κ2) is 6.57. The lowest BCUT2D eigenvalue weighted by Gasteiger charge is -2.19. The lowest BCUT2D eigenvalue weighted by Crippen LogP contribution is -2.20. The van der Waals surface area contributed by atoms with Gasteiger partial charge in [0.2, 0.25) is 5.91 Å². The average molecular weight is 281 g/mol. The molecular formula is C19H23NO. The van der Waals surface area contributed by atoms with Gasteiger partial charge in [0.15, 0.2) is 0 Å². The summed E-state index contributed by atoms with van der Waals surface area (Å²) in [6, 6.07) is 16.0. The molecule has 2 aromatic rings. The van der Waals surface area contributed by atoms with Gasteiger partial charge in [0.1, 0.15) is 0 Å². The van der Waals surface area contributed by atoms with E-state index in [9.17, 15) is 4.79 Å². The number of para-hydroxylation sites is 1. The van der Waals surface area contributed by atoms with E-state index in [4.69, 9.17) is 0 Å². The molecule has 1 atom stereocenters. The molecule has 0 saturated heterocycles. The molecule has 2 heteroatoms. The number of carbonyl (C=O) groups is 1. The predicted octanol–water partition coefficient (Wildman–Crippen LogP) is 4.86. The van der Waals surface area contributed by atoms with E-state index in [1.165, 1.54) is 5.56 Å². The summed E-state index contributed by atoms with van der Waals surface area (Å²) in [5, 5.41) is 3.12. The minimum Gasteiger partial charge on any atom is -0.325 e. The molecule has 0 radical (unpaired) electrons. The molecule has 0 fully saturated rings. The molecule has 0 spiro atoms. The third kappa shape index (κ3) is 3.52. The largest absolute Gasteiger partial charge is 0.325 e. The van der Waals surface area contributed by atoms with E-state index in [-0.39, 0.29) is 11.8 Å². The molecule has 0 aromatic heterocycles. The first-order valence-electron chi connectivity index (χ1n) is 7.46. The number of hydrogen-bond acceptors (Lipinski definition) is 1. The molecule has 0 saturated carbocycles. The van der Waals surface area contributed by atoms with E-state index in [1.807, 2.05) is 56.3 Å². The fourth-order valence-electron chi connectivity index (χ4n) is 2.47. The highest BCUT2D eigenvalue weighted by molar-refractivity contribution is 5.96. The third-order valence-corrected chi connectivity index (χ3v) is 3.87. The first-order valence-corrected chi connectivity index (χ1v) is 7.46. The van der Waals surface area contributed by atoms with Gasteiger partial charge in [0.25, 0.3) is 0 Å². The van der Waals surface area contributed by atoms with Crippen molar-refractivity contribution < 1.29 is 4.79 Å². The maximum absolute atomic E-state index is 12.5. The average Bonchev–Trinajstić information content (AvgIpc) is 2.49. The molecule has 1 amide bonds. The van der Waals surface area contributed by atoms with E-state index < -0.39 is 0 Å². The smallest absolute Gasteiger partial charge is 0.231 e. The lowest BCUT2D eigenvalue weighted by atomic mass is 9.96. The van der Waals surface area contributed by atoms with Crippen LogP contribution in [-0.4, -0.2) is 5.91 Å². The molecule has 0 bridgehead atoms. The van der Waals surface area contributed by atoms with Gasteiger partial charge in [-0.05, 0) is 36.5 Å². The highest BCUT2D eigenvalue weighted by Crippen LogP contribution is 2.28. The van der Waals surface area contributed by atoms with E-state index in [1.54, 1.807) is 0 Å². The number of carbonyl (C=O) groups excluding carboxylic acids is 1. The van der Waals surface area contributed by atoms with Gasteiger partial charge in [0, 0.05) is 5.69 Å². The van der Waals surface area contributed by atoms with E-state index in [2.05, 4.69) is 25.2 Å². The van der Waals surface area contributed by atoms with Crippen molar-refractivity contribution in [2.75, 3.05) is 5.32 Å². The molecule has 0 aliphatic heterocycles. The van der Waals surface area contributed by atoms with Crippen LogP contribution in [0, 0.1) is 6.92 Å². The molecule has 21 heavy (non-hydrogen) atoms. The highest BCUT2D eigenvalue weighted by atomic mass is 16.1. The summed E-state index contributed by atoms with van der Waals surface area (Å²) >= 11 is 0. The fourth-order valence-corrected chi connectivity index (χ4v) is 2.47. The number of rotatable bonds is 4. The molecule has 0 aliphatic carbocycles. The van der Waals surface area contributed by atoms with E-state index >= 15 is 0 Å². The normalized spacial score (nSPS) is 12.2. The highest BCUT2D eigenvalue weighted by Gasteiger charge is 2.18. The Hall–Kier alpha value is -2.09. The molecule has 0 heterocycles. The zero-order valence-electron chi connectivity index (χ0n) is 13.2. The van der Waals surface area contributed by atoms with Crippen LogP contribution in [-0.2, 0) is 4.79 Å². The van der Waals surface area contributed by atoms with Crippen LogP contribution in [0.4, 0.5) is 5.69 Å². The van der Waals surface area contributed by atoms with E-state index in [0.29, 0.717) is 5.92 Å². The maximum atomic E-state index is 12.5. The monoisotopic (exact) mass is 281 g/mol. The van der Waals surface area contributed by atoms with Gasteiger partial charge in [-0.25, -0.2) is 0 Å². The number of benzene rings is 2. The predicted molar refractivity (Wildman–Crippen MR) is 88.8 cm³/mol. The van der Waals surface area contributed by atoms with Gasteiger partial charge in [-0.15, -0.1) is 0 Å². The third-order valence-electron chi connectivity index (χ3n) is 3.87. The Labute approximate surface area is 127 Å². The van der Waals surface area contributed by atoms with Crippen LogP contribution < -0.4 is 5.32 Å². The Bertz CT molecular complexity index is 617. The Morgan fingerprint density at radius 1 is 0.952 bits per heavy atom. The Kier molecular flexibility index (Phi) is 4.79. The summed E-state index contributed by atoms with van der Waals surface area (Å²) in [6.07, 6.45) is 0. The molecule has 1 N–H and O–H groups in total. The fraction of sp³-hybridized carbons (Fsp3) is 0.316. The lowest BCUT2D eigenvalue weighted by molar-refractivity contribution is -0.117. The van der Waals surface area contributed by atoms with Crippen LogP contribution in [0.5, 0.6) is 0 Å². The van der Waals surface area contributed by atoms with Crippen LogP contribution in [0.2, 0.25) is 0 Å². The van der Waals surface area contributed by atoms with Gasteiger partial charge < -0.3 is 5.32 Å². The quantitative estimate of drug-likeness (QED) is 0.852. The summed E-state index contributed by atoms with van der Waals surface area (Å²) in [7, 11) is 0. The summed E-state index contributed by atoms with van der Waals surface area (Å²) < 4.78 is 0. The van der Waals surface area contributed by atoms with Gasteiger partial charge in [0.05, 0.1) is 5.92 Å². The van der Waals surface area contributed by atoms with Crippen LogP contribution in [0.1, 0.15) is 49.3 Å². The zero-order chi connectivity index (χ0) is 15.4. The van der Waals surface area contributed by atoms with Crippen molar-refractivity contribution in [3.63, 3.8) is 0 Å². The second-order valence-corrected chi connectivity index (χ2v) is 5.82. The number of anilines is 1. The van der Waals surface area contributed by atoms with Crippen LogP contribution in [0.15, 0.2) is 48.5 Å². The summed E-state index contributed by atoms with van der Waals surface area (Å²) in [4.78, 5) is 12.5. The summed E-state index contributed by atoms with van der Waals surface area (Å²) in [5.41, 5.74) is 4.29. The zero-order valence-corrected chi connectivity index (χ0v) is 13.2. The van der Waals surface area contributed by atoms with Crippen molar-refractivity contribution in [2.24, 2.45) is 0 Å². The maximum Gasteiger partial charge on any atom is 0.231 e. The van der Waals surface area contributed by atoms with Crippen LogP contribution >= 0.6 is 0 Å². The van der Waals surface area contributed by atoms with Crippen LogP contribution in [0.25, 0.3) is 0 Å². The number of hydrogen-bond donors (Lipinski definition) is 1. The first kappa shape index (κ1) is 15.3. The molecule has 2 rings (SSSR count). The number of nitrogens with one attached hydrogen (secondary N) is 1. The molecule has 2 nitrogen and oxygen atoms in total. The van der Waals surface area contributed by atoms with E-state index in [0.717, 1.165) is 16.8 Å². The summed E-state index contributed by atoms with van der Waals surface area (Å²) in [6.45, 7) is 8.27. The minimum absolute atomic E-state index is 0.0393. The molecule has 0 aliphatic rings. The van der Waals surface area contributed by atoms with Crippen molar-refractivity contribution in [1.82, 2.24) is 0 Å².